The van der Waals surface area contributed by atoms with Gasteiger partial charge in [0.2, 0.25) is 10.0 Å². The van der Waals surface area contributed by atoms with Crippen molar-refractivity contribution in [2.24, 2.45) is 0 Å². The third kappa shape index (κ3) is 4.00. The van der Waals surface area contributed by atoms with Crippen LogP contribution in [-0.4, -0.2) is 27.7 Å². The number of rotatable bonds is 4. The van der Waals surface area contributed by atoms with Gasteiger partial charge in [0, 0.05) is 0 Å². The fourth-order valence-electron chi connectivity index (χ4n) is 2.70. The molecule has 0 amide bonds. The molecule has 1 aliphatic heterocycles. The molecular weight excluding hydrogens is 379 g/mol. The van der Waals surface area contributed by atoms with Crippen molar-refractivity contribution >= 4 is 21.4 Å². The number of alkyl halides is 3. The molecule has 0 aromatic heterocycles. The number of hydrazine groups is 1. The van der Waals surface area contributed by atoms with Gasteiger partial charge in [-0.15, -0.1) is 0 Å². The van der Waals surface area contributed by atoms with E-state index in [1.54, 1.807) is 12.1 Å². The lowest BCUT2D eigenvalue weighted by Gasteiger charge is -2.25. The quantitative estimate of drug-likeness (QED) is 0.832. The Morgan fingerprint density at radius 1 is 1.04 bits per heavy atom. The molecule has 0 spiro atoms. The first kappa shape index (κ1) is 19.4. The van der Waals surface area contributed by atoms with Crippen LogP contribution in [0, 0.1) is 6.92 Å². The Morgan fingerprint density at radius 3 is 2.15 bits per heavy atom. The summed E-state index contributed by atoms with van der Waals surface area (Å²) in [5.41, 5.74) is 4.78. The molecule has 3 rings (SSSR count). The lowest BCUT2D eigenvalue weighted by Crippen LogP contribution is -2.44. The van der Waals surface area contributed by atoms with E-state index < -0.39 is 22.2 Å². The molecule has 9 heteroatoms. The van der Waals surface area contributed by atoms with Crippen molar-refractivity contribution < 1.29 is 21.6 Å². The van der Waals surface area contributed by atoms with Crippen LogP contribution < -0.4 is 15.2 Å². The Labute approximate surface area is 155 Å². The van der Waals surface area contributed by atoms with Crippen LogP contribution in [0.3, 0.4) is 0 Å². The first-order chi connectivity index (χ1) is 12.6. The van der Waals surface area contributed by atoms with Crippen LogP contribution in [0.1, 0.15) is 11.1 Å². The lowest BCUT2D eigenvalue weighted by molar-refractivity contribution is -0.142. The van der Waals surface area contributed by atoms with E-state index in [0.29, 0.717) is 16.9 Å². The maximum atomic E-state index is 13.2. The number of nitrogens with one attached hydrogen (secondary N) is 2. The Bertz CT molecular complexity index is 953. The molecule has 27 heavy (non-hydrogen) atoms. The van der Waals surface area contributed by atoms with Gasteiger partial charge in [-0.05, 0) is 49.9 Å². The van der Waals surface area contributed by atoms with Gasteiger partial charge in [-0.3, -0.25) is 5.01 Å². The normalized spacial score (nSPS) is 17.9. The van der Waals surface area contributed by atoms with Crippen LogP contribution in [0.25, 0.3) is 5.70 Å². The van der Waals surface area contributed by atoms with Gasteiger partial charge in [0.15, 0.2) is 0 Å². The molecular formula is C18H18F3N3O2S. The molecule has 1 heterocycles. The highest BCUT2D eigenvalue weighted by Crippen LogP contribution is 2.35. The fraction of sp³-hybridized carbons (Fsp3) is 0.222. The highest BCUT2D eigenvalue weighted by atomic mass is 32.2. The van der Waals surface area contributed by atoms with E-state index >= 15 is 0 Å². The highest BCUT2D eigenvalue weighted by Gasteiger charge is 2.43. The number of anilines is 1. The van der Waals surface area contributed by atoms with E-state index in [4.69, 9.17) is 0 Å². The van der Waals surface area contributed by atoms with Gasteiger partial charge >= 0.3 is 6.18 Å². The SMILES string of the molecule is CNS(=O)(=O)c1ccc(N2NC(C(F)(F)F)C=C2c2ccc(C)cc2)cc1. The fourth-order valence-corrected chi connectivity index (χ4v) is 3.43. The van der Waals surface area contributed by atoms with Crippen LogP contribution in [0.4, 0.5) is 18.9 Å². The zero-order valence-electron chi connectivity index (χ0n) is 14.6. The van der Waals surface area contributed by atoms with Crippen LogP contribution in [0.15, 0.2) is 59.5 Å². The molecule has 2 N–H and O–H groups in total. The van der Waals surface area contributed by atoms with Crippen LogP contribution >= 0.6 is 0 Å². The van der Waals surface area contributed by atoms with Crippen molar-refractivity contribution in [3.05, 3.63) is 65.7 Å². The summed E-state index contributed by atoms with van der Waals surface area (Å²) in [6.45, 7) is 1.89. The molecule has 5 nitrogen and oxygen atoms in total. The third-order valence-corrected chi connectivity index (χ3v) is 5.64. The molecule has 0 bridgehead atoms. The summed E-state index contributed by atoms with van der Waals surface area (Å²) in [6, 6.07) is 10.9. The molecule has 1 aliphatic rings. The topological polar surface area (TPSA) is 61.4 Å². The van der Waals surface area contributed by atoms with Crippen molar-refractivity contribution in [1.82, 2.24) is 10.1 Å². The number of sulfonamides is 1. The Morgan fingerprint density at radius 2 is 1.63 bits per heavy atom. The largest absolute Gasteiger partial charge is 0.409 e. The minimum Gasteiger partial charge on any atom is -0.276 e. The van der Waals surface area contributed by atoms with Crippen molar-refractivity contribution in [2.75, 3.05) is 12.1 Å². The number of halogens is 3. The predicted molar refractivity (Wildman–Crippen MR) is 97.3 cm³/mol. The second-order valence-electron chi connectivity index (χ2n) is 6.10. The first-order valence-corrected chi connectivity index (χ1v) is 9.55. The third-order valence-electron chi connectivity index (χ3n) is 4.21. The second-order valence-corrected chi connectivity index (χ2v) is 7.99. The smallest absolute Gasteiger partial charge is 0.276 e. The van der Waals surface area contributed by atoms with E-state index in [9.17, 15) is 21.6 Å². The molecule has 0 fully saturated rings. The maximum absolute atomic E-state index is 13.2. The number of nitrogens with zero attached hydrogens (tertiary/aromatic N) is 1. The molecule has 0 aliphatic carbocycles. The molecule has 2 aromatic carbocycles. The van der Waals surface area contributed by atoms with Crippen molar-refractivity contribution in [3.63, 3.8) is 0 Å². The highest BCUT2D eigenvalue weighted by molar-refractivity contribution is 7.89. The minimum atomic E-state index is -4.46. The van der Waals surface area contributed by atoms with Gasteiger partial charge in [0.05, 0.1) is 16.3 Å². The van der Waals surface area contributed by atoms with Gasteiger partial charge in [0.25, 0.3) is 0 Å². The van der Waals surface area contributed by atoms with Gasteiger partial charge in [-0.1, -0.05) is 29.8 Å². The lowest BCUT2D eigenvalue weighted by atomic mass is 10.1. The number of hydrogen-bond acceptors (Lipinski definition) is 4. The summed E-state index contributed by atoms with van der Waals surface area (Å²) in [4.78, 5) is 0.0289. The summed E-state index contributed by atoms with van der Waals surface area (Å²) < 4.78 is 65.6. The Hall–Kier alpha value is -2.36. The zero-order valence-corrected chi connectivity index (χ0v) is 15.4. The second kappa shape index (κ2) is 6.99. The standard InChI is InChI=1S/C18H18F3N3O2S/c1-12-3-5-13(6-4-12)16-11-17(18(19,20)21)23-24(16)14-7-9-15(10-8-14)27(25,26)22-2/h3-11,17,22-23H,1-2H3. The summed E-state index contributed by atoms with van der Waals surface area (Å²) in [5, 5.41) is 1.32. The van der Waals surface area contributed by atoms with E-state index in [0.717, 1.165) is 11.6 Å². The van der Waals surface area contributed by atoms with Crippen LogP contribution in [-0.2, 0) is 10.0 Å². The monoisotopic (exact) mass is 397 g/mol. The van der Waals surface area contributed by atoms with Crippen molar-refractivity contribution in [3.8, 4) is 0 Å². The number of hydrogen-bond donors (Lipinski definition) is 2. The average Bonchev–Trinajstić information content (AvgIpc) is 3.08. The zero-order chi connectivity index (χ0) is 19.8. The van der Waals surface area contributed by atoms with E-state index in [2.05, 4.69) is 10.1 Å². The van der Waals surface area contributed by atoms with Gasteiger partial charge < -0.3 is 0 Å². The molecule has 0 saturated heterocycles. The van der Waals surface area contributed by atoms with Crippen LogP contribution in [0.2, 0.25) is 0 Å². The number of benzene rings is 2. The molecule has 0 saturated carbocycles. The minimum absolute atomic E-state index is 0.0289. The Kier molecular flexibility index (Phi) is 5.02. The van der Waals surface area contributed by atoms with Crippen molar-refractivity contribution in [2.45, 2.75) is 24.0 Å². The first-order valence-electron chi connectivity index (χ1n) is 8.07. The molecule has 2 aromatic rings. The molecule has 1 unspecified atom stereocenters. The van der Waals surface area contributed by atoms with E-state index in [1.807, 2.05) is 19.1 Å². The van der Waals surface area contributed by atoms with Gasteiger partial charge in [-0.2, -0.15) is 13.2 Å². The maximum Gasteiger partial charge on any atom is 0.409 e. The van der Waals surface area contributed by atoms with Gasteiger partial charge in [-0.25, -0.2) is 18.6 Å². The summed E-state index contributed by atoms with van der Waals surface area (Å²) >= 11 is 0. The summed E-state index contributed by atoms with van der Waals surface area (Å²) in [7, 11) is -2.34. The van der Waals surface area contributed by atoms with Crippen molar-refractivity contribution in [1.29, 1.82) is 0 Å². The Balaban J connectivity index is 2.00. The van der Waals surface area contributed by atoms with E-state index in [-0.39, 0.29) is 4.90 Å². The molecule has 1 atom stereocenters. The molecule has 144 valence electrons. The predicted octanol–water partition coefficient (Wildman–Crippen LogP) is 3.20. The summed E-state index contributed by atoms with van der Waals surface area (Å²) in [6.07, 6.45) is -3.34. The van der Waals surface area contributed by atoms with Gasteiger partial charge in [0.1, 0.15) is 6.04 Å². The summed E-state index contributed by atoms with van der Waals surface area (Å²) in [5.74, 6) is 0. The number of aryl methyl sites for hydroxylation is 1. The van der Waals surface area contributed by atoms with Crippen LogP contribution in [0.5, 0.6) is 0 Å². The van der Waals surface area contributed by atoms with E-state index in [1.165, 1.54) is 36.3 Å². The molecule has 0 radical (unpaired) electrons. The average molecular weight is 397 g/mol.